The van der Waals surface area contributed by atoms with E-state index in [2.05, 4.69) is 12.2 Å². The molecule has 16 heavy (non-hydrogen) atoms. The number of hydrogen-bond acceptors (Lipinski definition) is 1. The van der Waals surface area contributed by atoms with Gasteiger partial charge in [0.05, 0.1) is 10.7 Å². The summed E-state index contributed by atoms with van der Waals surface area (Å²) in [6, 6.07) is 3.39. The van der Waals surface area contributed by atoms with E-state index in [1.165, 1.54) is 12.1 Å². The fourth-order valence-electron chi connectivity index (χ4n) is 1.14. The Morgan fingerprint density at radius 3 is 2.62 bits per heavy atom. The van der Waals surface area contributed by atoms with E-state index in [1.54, 1.807) is 0 Å². The fraction of sp³-hybridized carbons (Fsp3) is 0.364. The minimum atomic E-state index is -0.617. The van der Waals surface area contributed by atoms with Crippen LogP contribution >= 0.6 is 12.2 Å². The quantitative estimate of drug-likeness (QED) is 0.662. The number of unbranched alkanes of at least 4 members (excludes halogenated alkanes) is 1. The summed E-state index contributed by atoms with van der Waals surface area (Å²) in [7, 11) is 0. The summed E-state index contributed by atoms with van der Waals surface area (Å²) in [4.78, 5) is 0.586. The second-order valence-corrected chi connectivity index (χ2v) is 3.77. The largest absolute Gasteiger partial charge is 0.348 e. The predicted octanol–water partition coefficient (Wildman–Crippen LogP) is 3.89. The average Bonchev–Trinajstić information content (AvgIpc) is 2.19. The van der Waals surface area contributed by atoms with Gasteiger partial charge in [0.25, 0.3) is 0 Å². The molecule has 1 rings (SSSR count). The molecule has 0 bridgehead atoms. The average molecular weight is 277 g/mol. The first kappa shape index (κ1) is 15.7. The van der Waals surface area contributed by atoms with Crippen molar-refractivity contribution < 1.29 is 30.5 Å². The maximum absolute atomic E-state index is 13.2. The molecule has 1 N–H and O–H groups in total. The fourth-order valence-corrected chi connectivity index (χ4v) is 1.40. The molecule has 0 aliphatic heterocycles. The first-order valence-corrected chi connectivity index (χ1v) is 5.29. The Hall–Kier alpha value is -0.316. The molecule has 86 valence electrons. The molecule has 0 aromatic heterocycles. The Balaban J connectivity index is 0.00000225. The zero-order chi connectivity index (χ0) is 11.3. The summed E-state index contributed by atoms with van der Waals surface area (Å²) in [6.07, 6.45) is 2.73. The van der Waals surface area contributed by atoms with Crippen LogP contribution in [0.2, 0.25) is 0 Å². The number of thiocarbonyl (C=S) groups is 1. The monoisotopic (exact) mass is 277 g/mol. The van der Waals surface area contributed by atoms with Crippen LogP contribution in [0.25, 0.3) is 0 Å². The van der Waals surface area contributed by atoms with Crippen molar-refractivity contribution in [2.75, 3.05) is 5.32 Å². The van der Waals surface area contributed by atoms with Crippen LogP contribution in [0.1, 0.15) is 26.2 Å². The Bertz CT molecular complexity index is 358. The van der Waals surface area contributed by atoms with Crippen molar-refractivity contribution in [3.63, 3.8) is 0 Å². The molecule has 0 aliphatic carbocycles. The molecule has 5 heteroatoms. The molecular weight excluding hydrogens is 264 g/mol. The van der Waals surface area contributed by atoms with Gasteiger partial charge >= 0.3 is 0 Å². The third-order valence-corrected chi connectivity index (χ3v) is 2.27. The molecule has 1 aromatic rings. The maximum atomic E-state index is 13.2. The molecule has 0 fully saturated rings. The summed E-state index contributed by atoms with van der Waals surface area (Å²) < 4.78 is 25.8. The molecule has 0 unspecified atom stereocenters. The molecule has 0 spiro atoms. The molecule has 1 nitrogen and oxygen atoms in total. The number of halogens is 2. The van der Waals surface area contributed by atoms with Gasteiger partial charge in [-0.15, -0.1) is 0 Å². The normalized spacial score (nSPS) is 9.44. The van der Waals surface area contributed by atoms with Gasteiger partial charge < -0.3 is 5.32 Å². The van der Waals surface area contributed by atoms with E-state index >= 15 is 0 Å². The minimum Gasteiger partial charge on any atom is -0.348 e. The van der Waals surface area contributed by atoms with Crippen LogP contribution in [0, 0.1) is 11.6 Å². The Kier molecular flexibility index (Phi) is 7.72. The zero-order valence-corrected chi connectivity index (χ0v) is 11.4. The first-order chi connectivity index (χ1) is 7.13. The summed E-state index contributed by atoms with van der Waals surface area (Å²) in [5.41, 5.74) is 0.234. The molecule has 1 aromatic carbocycles. The van der Waals surface area contributed by atoms with E-state index in [-0.39, 0.29) is 27.4 Å². The standard InChI is InChI=1S/C11H13F2NS.Ti/c1-2-3-4-11(15)14-10-6-5-8(12)7-9(10)13;/h5-7H,2-4H2,1H3,(H,14,15);. The topological polar surface area (TPSA) is 12.0 Å². The van der Waals surface area contributed by atoms with E-state index in [0.29, 0.717) is 4.99 Å². The van der Waals surface area contributed by atoms with E-state index < -0.39 is 11.6 Å². The summed E-state index contributed by atoms with van der Waals surface area (Å²) >= 11 is 5.02. The van der Waals surface area contributed by atoms with Crippen molar-refractivity contribution in [1.29, 1.82) is 0 Å². The number of hydrogen-bond donors (Lipinski definition) is 1. The second-order valence-electron chi connectivity index (χ2n) is 3.28. The third kappa shape index (κ3) is 5.15. The van der Waals surface area contributed by atoms with Crippen molar-refractivity contribution in [2.45, 2.75) is 26.2 Å². The summed E-state index contributed by atoms with van der Waals surface area (Å²) in [6.45, 7) is 2.06. The summed E-state index contributed by atoms with van der Waals surface area (Å²) in [5.74, 6) is -1.20. The minimum absolute atomic E-state index is 0. The van der Waals surface area contributed by atoms with Crippen molar-refractivity contribution in [3.05, 3.63) is 29.8 Å². The van der Waals surface area contributed by atoms with Gasteiger partial charge in [-0.3, -0.25) is 0 Å². The third-order valence-electron chi connectivity index (χ3n) is 1.96. The Morgan fingerprint density at radius 2 is 2.06 bits per heavy atom. The van der Waals surface area contributed by atoms with Crippen LogP contribution < -0.4 is 5.32 Å². The van der Waals surface area contributed by atoms with Crippen LogP contribution in [0.4, 0.5) is 14.5 Å². The molecule has 0 radical (unpaired) electrons. The summed E-state index contributed by atoms with van der Waals surface area (Å²) in [5, 5.41) is 2.76. The number of anilines is 1. The predicted molar refractivity (Wildman–Crippen MR) is 62.1 cm³/mol. The van der Waals surface area contributed by atoms with E-state index in [0.717, 1.165) is 25.3 Å². The smallest absolute Gasteiger partial charge is 0.149 e. The maximum Gasteiger partial charge on any atom is 0.149 e. The molecule has 0 heterocycles. The van der Waals surface area contributed by atoms with Gasteiger partial charge in [-0.2, -0.15) is 0 Å². The molecule has 0 saturated carbocycles. The SMILES string of the molecule is CCCCC(=S)Nc1ccc(F)cc1F.[Ti]. The number of rotatable bonds is 4. The molecule has 0 atom stereocenters. The zero-order valence-electron chi connectivity index (χ0n) is 9.02. The Morgan fingerprint density at radius 1 is 1.38 bits per heavy atom. The van der Waals surface area contributed by atoms with Crippen molar-refractivity contribution >= 4 is 22.9 Å². The van der Waals surface area contributed by atoms with Gasteiger partial charge in [-0.1, -0.05) is 25.6 Å². The van der Waals surface area contributed by atoms with Gasteiger partial charge in [-0.25, -0.2) is 8.78 Å². The van der Waals surface area contributed by atoms with E-state index in [4.69, 9.17) is 12.2 Å². The van der Waals surface area contributed by atoms with Gasteiger partial charge in [0.15, 0.2) is 0 Å². The molecular formula is C11H13F2NSTi. The van der Waals surface area contributed by atoms with E-state index in [9.17, 15) is 8.78 Å². The van der Waals surface area contributed by atoms with Crippen LogP contribution in [-0.4, -0.2) is 4.99 Å². The van der Waals surface area contributed by atoms with Crippen LogP contribution in [0.15, 0.2) is 18.2 Å². The van der Waals surface area contributed by atoms with Crippen molar-refractivity contribution in [2.24, 2.45) is 0 Å². The van der Waals surface area contributed by atoms with Gasteiger partial charge in [0.1, 0.15) is 11.6 Å². The number of nitrogens with one attached hydrogen (secondary N) is 1. The van der Waals surface area contributed by atoms with Crippen LogP contribution in [0.5, 0.6) is 0 Å². The van der Waals surface area contributed by atoms with Crippen molar-refractivity contribution in [3.8, 4) is 0 Å². The molecule has 0 aliphatic rings. The van der Waals surface area contributed by atoms with Gasteiger partial charge in [0.2, 0.25) is 0 Å². The second kappa shape index (κ2) is 7.88. The molecule has 0 amide bonds. The van der Waals surface area contributed by atoms with E-state index in [1.807, 2.05) is 0 Å². The van der Waals surface area contributed by atoms with Crippen LogP contribution in [-0.2, 0) is 21.7 Å². The van der Waals surface area contributed by atoms with Crippen molar-refractivity contribution in [1.82, 2.24) is 0 Å². The first-order valence-electron chi connectivity index (χ1n) is 4.88. The van der Waals surface area contributed by atoms with Crippen LogP contribution in [0.3, 0.4) is 0 Å². The van der Waals surface area contributed by atoms with Gasteiger partial charge in [-0.05, 0) is 25.0 Å². The number of benzene rings is 1. The van der Waals surface area contributed by atoms with Gasteiger partial charge in [0, 0.05) is 27.8 Å². The molecule has 0 saturated heterocycles. The Labute approximate surface area is 115 Å².